The highest BCUT2D eigenvalue weighted by Crippen LogP contribution is 2.22. The van der Waals surface area contributed by atoms with E-state index >= 15 is 0 Å². The van der Waals surface area contributed by atoms with Gasteiger partial charge in [0.25, 0.3) is 5.91 Å². The van der Waals surface area contributed by atoms with Crippen LogP contribution < -0.4 is 16.4 Å². The topological polar surface area (TPSA) is 90.9 Å². The van der Waals surface area contributed by atoms with Gasteiger partial charge in [-0.25, -0.2) is 4.39 Å². The van der Waals surface area contributed by atoms with Crippen LogP contribution in [0.4, 0.5) is 15.8 Å². The lowest BCUT2D eigenvalue weighted by Crippen LogP contribution is -2.18. The number of carbonyl (C=O) groups excluding carboxylic acids is 1. The minimum atomic E-state index is -0.568. The second-order valence-electron chi connectivity index (χ2n) is 5.19. The number of rotatable bonds is 6. The van der Waals surface area contributed by atoms with Gasteiger partial charge in [-0.15, -0.1) is 0 Å². The smallest absolute Gasteiger partial charge is 0.267 e. The molecule has 0 spiro atoms. The average Bonchev–Trinajstić information content (AvgIpc) is 2.58. The molecule has 25 heavy (non-hydrogen) atoms. The van der Waals surface area contributed by atoms with Crippen molar-refractivity contribution in [1.82, 2.24) is 5.32 Å². The molecule has 0 atom stereocenters. The standard InChI is InChI=1S/C18H16ClFN4O/c19-16-9-15(4-5-17(16)22)24-18(25)13(10-21)11-23-7-6-12-2-1-3-14(20)8-12/h1-5,8-9,11,23H,6-7,22H2,(H,24,25)/b13-11-. The second-order valence-corrected chi connectivity index (χ2v) is 5.60. The summed E-state index contributed by atoms with van der Waals surface area (Å²) in [5.41, 5.74) is 7.16. The maximum absolute atomic E-state index is 13.1. The molecule has 0 bridgehead atoms. The number of amides is 1. The number of halogens is 2. The lowest BCUT2D eigenvalue weighted by Gasteiger charge is -2.07. The van der Waals surface area contributed by atoms with E-state index in [1.165, 1.54) is 24.4 Å². The van der Waals surface area contributed by atoms with E-state index in [9.17, 15) is 9.18 Å². The number of nitrogens with zero attached hydrogens (tertiary/aromatic N) is 1. The fraction of sp³-hybridized carbons (Fsp3) is 0.111. The van der Waals surface area contributed by atoms with Crippen molar-refractivity contribution in [2.45, 2.75) is 6.42 Å². The average molecular weight is 359 g/mol. The molecule has 1 amide bonds. The Hall–Kier alpha value is -3.04. The predicted octanol–water partition coefficient (Wildman–Crippen LogP) is 3.24. The molecule has 0 heterocycles. The summed E-state index contributed by atoms with van der Waals surface area (Å²) in [6.45, 7) is 0.454. The summed E-state index contributed by atoms with van der Waals surface area (Å²) < 4.78 is 13.1. The number of hydrogen-bond acceptors (Lipinski definition) is 4. The second kappa shape index (κ2) is 8.71. The number of hydrogen-bond donors (Lipinski definition) is 3. The third-order valence-electron chi connectivity index (χ3n) is 3.32. The number of anilines is 2. The third kappa shape index (κ3) is 5.52. The number of nitrogens with two attached hydrogens (primary N) is 1. The summed E-state index contributed by atoms with van der Waals surface area (Å²) in [6, 6.07) is 12.7. The zero-order valence-electron chi connectivity index (χ0n) is 13.2. The van der Waals surface area contributed by atoms with Crippen LogP contribution in [0.5, 0.6) is 0 Å². The van der Waals surface area contributed by atoms with E-state index in [2.05, 4.69) is 10.6 Å². The molecule has 2 aromatic rings. The van der Waals surface area contributed by atoms with Gasteiger partial charge < -0.3 is 16.4 Å². The van der Waals surface area contributed by atoms with E-state index in [4.69, 9.17) is 22.6 Å². The van der Waals surface area contributed by atoms with Crippen molar-refractivity contribution >= 4 is 28.9 Å². The van der Waals surface area contributed by atoms with Crippen molar-refractivity contribution in [1.29, 1.82) is 5.26 Å². The minimum absolute atomic E-state index is 0.0906. The number of nitrogens with one attached hydrogen (secondary N) is 2. The molecule has 7 heteroatoms. The van der Waals surface area contributed by atoms with E-state index in [1.54, 1.807) is 24.3 Å². The number of nitriles is 1. The van der Waals surface area contributed by atoms with Crippen molar-refractivity contribution in [2.75, 3.05) is 17.6 Å². The largest absolute Gasteiger partial charge is 0.398 e. The van der Waals surface area contributed by atoms with Crippen molar-refractivity contribution < 1.29 is 9.18 Å². The Morgan fingerprint density at radius 3 is 2.80 bits per heavy atom. The highest BCUT2D eigenvalue weighted by molar-refractivity contribution is 6.33. The Balaban J connectivity index is 1.91. The Morgan fingerprint density at radius 1 is 1.32 bits per heavy atom. The molecule has 128 valence electrons. The lowest BCUT2D eigenvalue weighted by molar-refractivity contribution is -0.112. The first-order valence-corrected chi connectivity index (χ1v) is 7.82. The quantitative estimate of drug-likeness (QED) is 0.320. The SMILES string of the molecule is N#C/C(=C/NCCc1cccc(F)c1)C(=O)Nc1ccc(N)c(Cl)c1. The first kappa shape index (κ1) is 18.3. The van der Waals surface area contributed by atoms with Crippen molar-refractivity contribution in [3.63, 3.8) is 0 Å². The van der Waals surface area contributed by atoms with E-state index in [-0.39, 0.29) is 11.4 Å². The molecule has 0 aromatic heterocycles. The van der Waals surface area contributed by atoms with Gasteiger partial charge in [0, 0.05) is 18.4 Å². The summed E-state index contributed by atoms with van der Waals surface area (Å²) in [5.74, 6) is -0.867. The van der Waals surface area contributed by atoms with E-state index < -0.39 is 5.91 Å². The van der Waals surface area contributed by atoms with Crippen LogP contribution in [-0.4, -0.2) is 12.5 Å². The van der Waals surface area contributed by atoms with Crippen molar-refractivity contribution in [3.05, 3.63) is 70.6 Å². The number of benzene rings is 2. The van der Waals surface area contributed by atoms with Gasteiger partial charge in [0.2, 0.25) is 0 Å². The Labute approximate surface area is 149 Å². The lowest BCUT2D eigenvalue weighted by atomic mass is 10.1. The number of nitrogen functional groups attached to an aromatic ring is 1. The van der Waals surface area contributed by atoms with Crippen LogP contribution in [-0.2, 0) is 11.2 Å². The van der Waals surface area contributed by atoms with E-state index in [1.807, 2.05) is 6.07 Å². The fourth-order valence-corrected chi connectivity index (χ4v) is 2.22. The van der Waals surface area contributed by atoms with Gasteiger partial charge in [0.1, 0.15) is 17.5 Å². The van der Waals surface area contributed by atoms with Crippen LogP contribution >= 0.6 is 11.6 Å². The van der Waals surface area contributed by atoms with Gasteiger partial charge in [-0.1, -0.05) is 23.7 Å². The van der Waals surface area contributed by atoms with Crippen molar-refractivity contribution in [2.24, 2.45) is 0 Å². The minimum Gasteiger partial charge on any atom is -0.398 e. The molecular weight excluding hydrogens is 343 g/mol. The Bertz CT molecular complexity index is 845. The maximum Gasteiger partial charge on any atom is 0.267 e. The summed E-state index contributed by atoms with van der Waals surface area (Å²) >= 11 is 5.89. The van der Waals surface area contributed by atoms with Crippen LogP contribution in [0.15, 0.2) is 54.2 Å². The summed E-state index contributed by atoms with van der Waals surface area (Å²) in [6.07, 6.45) is 1.88. The van der Waals surface area contributed by atoms with Crippen molar-refractivity contribution in [3.8, 4) is 6.07 Å². The zero-order chi connectivity index (χ0) is 18.2. The van der Waals surface area contributed by atoms with Gasteiger partial charge in [-0.2, -0.15) is 5.26 Å². The molecule has 0 saturated heterocycles. The molecule has 0 saturated carbocycles. The molecule has 0 aliphatic rings. The van der Waals surface area contributed by atoms with Crippen LogP contribution in [0.3, 0.4) is 0 Å². The molecule has 2 rings (SSSR count). The molecule has 0 unspecified atom stereocenters. The van der Waals surface area contributed by atoms with Crippen LogP contribution in [0.25, 0.3) is 0 Å². The molecule has 0 aliphatic carbocycles. The van der Waals surface area contributed by atoms with Crippen LogP contribution in [0.1, 0.15) is 5.56 Å². The molecular formula is C18H16ClFN4O. The van der Waals surface area contributed by atoms with Gasteiger partial charge in [-0.05, 0) is 42.3 Å². The van der Waals surface area contributed by atoms with E-state index in [0.717, 1.165) is 5.56 Å². The summed E-state index contributed by atoms with van der Waals surface area (Å²) in [7, 11) is 0. The Kier molecular flexibility index (Phi) is 6.38. The fourth-order valence-electron chi connectivity index (χ4n) is 2.04. The van der Waals surface area contributed by atoms with Crippen LogP contribution in [0, 0.1) is 17.1 Å². The first-order valence-electron chi connectivity index (χ1n) is 7.44. The molecule has 2 aromatic carbocycles. The van der Waals surface area contributed by atoms with Gasteiger partial charge >= 0.3 is 0 Å². The highest BCUT2D eigenvalue weighted by atomic mass is 35.5. The molecule has 0 radical (unpaired) electrons. The summed E-state index contributed by atoms with van der Waals surface area (Å²) in [5, 5.41) is 14.9. The normalized spacial score (nSPS) is 10.8. The molecule has 4 N–H and O–H groups in total. The van der Waals surface area contributed by atoms with Gasteiger partial charge in [0.05, 0.1) is 10.7 Å². The highest BCUT2D eigenvalue weighted by Gasteiger charge is 2.10. The Morgan fingerprint density at radius 2 is 2.12 bits per heavy atom. The zero-order valence-corrected chi connectivity index (χ0v) is 14.0. The molecule has 5 nitrogen and oxygen atoms in total. The maximum atomic E-state index is 13.1. The van der Waals surface area contributed by atoms with Gasteiger partial charge in [-0.3, -0.25) is 4.79 Å². The third-order valence-corrected chi connectivity index (χ3v) is 3.64. The first-order chi connectivity index (χ1) is 12.0. The monoisotopic (exact) mass is 358 g/mol. The van der Waals surface area contributed by atoms with Gasteiger partial charge in [0.15, 0.2) is 0 Å². The van der Waals surface area contributed by atoms with E-state index in [0.29, 0.717) is 29.4 Å². The molecule has 0 fully saturated rings. The predicted molar refractivity (Wildman–Crippen MR) is 96.3 cm³/mol. The molecule has 0 aliphatic heterocycles. The van der Waals surface area contributed by atoms with Crippen LogP contribution in [0.2, 0.25) is 5.02 Å². The summed E-state index contributed by atoms with van der Waals surface area (Å²) in [4.78, 5) is 12.1. The number of carbonyl (C=O) groups is 1.